The lowest BCUT2D eigenvalue weighted by atomic mass is 9.61. The summed E-state index contributed by atoms with van der Waals surface area (Å²) >= 11 is 0. The number of carbonyl (C=O) groups excluding carboxylic acids is 2. The Labute approximate surface area is 291 Å². The van der Waals surface area contributed by atoms with E-state index in [0.717, 1.165) is 87.1 Å². The third-order valence-corrected chi connectivity index (χ3v) is 12.0. The van der Waals surface area contributed by atoms with Crippen LogP contribution in [0.3, 0.4) is 0 Å². The molecule has 3 N–H and O–H groups in total. The molecule has 4 aromatic heterocycles. The van der Waals surface area contributed by atoms with Crippen LogP contribution in [0.5, 0.6) is 0 Å². The van der Waals surface area contributed by atoms with Gasteiger partial charge in [-0.05, 0) is 68.9 Å². The number of hydrogen-bond acceptors (Lipinski definition) is 9. The molecular formula is C39H43N9O2. The summed E-state index contributed by atoms with van der Waals surface area (Å²) < 4.78 is 2.16. The minimum atomic E-state index is -0.759. The van der Waals surface area contributed by atoms with Crippen LogP contribution in [-0.2, 0) is 27.0 Å². The summed E-state index contributed by atoms with van der Waals surface area (Å²) in [6.45, 7) is 13.4. The first-order chi connectivity index (χ1) is 23.8. The van der Waals surface area contributed by atoms with Crippen molar-refractivity contribution in [1.82, 2.24) is 34.9 Å². The number of aromatic nitrogens is 7. The second-order valence-electron chi connectivity index (χ2n) is 16.7. The average molecular weight is 670 g/mol. The van der Waals surface area contributed by atoms with Crippen LogP contribution in [0.15, 0.2) is 65.8 Å². The summed E-state index contributed by atoms with van der Waals surface area (Å²) in [5.74, 6) is 2.16. The van der Waals surface area contributed by atoms with Crippen molar-refractivity contribution in [2.45, 2.75) is 103 Å². The van der Waals surface area contributed by atoms with Crippen molar-refractivity contribution >= 4 is 23.2 Å². The van der Waals surface area contributed by atoms with Gasteiger partial charge >= 0.3 is 0 Å². The minimum absolute atomic E-state index is 0.123. The fourth-order valence-electron chi connectivity index (χ4n) is 9.80. The summed E-state index contributed by atoms with van der Waals surface area (Å²) in [6.07, 6.45) is 13.3. The molecule has 0 radical (unpaired) electrons. The number of rotatable bonds is 5. The first-order valence-corrected chi connectivity index (χ1v) is 17.7. The van der Waals surface area contributed by atoms with Crippen molar-refractivity contribution in [2.24, 2.45) is 10.8 Å². The van der Waals surface area contributed by atoms with Crippen LogP contribution in [0.25, 0.3) is 0 Å². The molecule has 9 rings (SSSR count). The Hall–Kier alpha value is -4.93. The zero-order valence-corrected chi connectivity index (χ0v) is 29.6. The van der Waals surface area contributed by atoms with Crippen LogP contribution in [0, 0.1) is 17.8 Å². The number of anilines is 2. The number of fused-ring (bicyclic) bond motifs is 2. The van der Waals surface area contributed by atoms with Gasteiger partial charge in [-0.3, -0.25) is 24.4 Å². The summed E-state index contributed by atoms with van der Waals surface area (Å²) in [5.41, 5.74) is 7.37. The Bertz CT molecular complexity index is 2170. The predicted molar refractivity (Wildman–Crippen MR) is 188 cm³/mol. The monoisotopic (exact) mass is 669 g/mol. The number of nitrogens with one attached hydrogen (secondary N) is 3. The van der Waals surface area contributed by atoms with Crippen LogP contribution in [-0.4, -0.2) is 46.5 Å². The second kappa shape index (κ2) is 10.3. The van der Waals surface area contributed by atoms with Gasteiger partial charge in [0.05, 0.1) is 10.8 Å². The summed E-state index contributed by atoms with van der Waals surface area (Å²) in [7, 11) is 0. The molecule has 0 bridgehead atoms. The lowest BCUT2D eigenvalue weighted by Gasteiger charge is -2.44. The topological polar surface area (TPSA) is 143 Å². The van der Waals surface area contributed by atoms with Crippen LogP contribution in [0.1, 0.15) is 113 Å². The standard InChI is InChI=1S/C39H43N9O2/c1-21-29-34(46-45-21)43-26-13-37(4,15-28(50)31(26)38(29,5)23-8-7-11-40-16-23)19-48-33(22-9-10-22)32-35(47-48)44-25-12-36(2,3)14-27(49)30(25)39(32,6)24-17-41-20-42-18-24/h7-8,11,16-18,20,22H,9-10,12-15,19H2,1-6H3,(H,44,47)(H2,43,45,46). The van der Waals surface area contributed by atoms with Crippen molar-refractivity contribution in [2.75, 3.05) is 10.6 Å². The highest BCUT2D eigenvalue weighted by Gasteiger charge is 2.54. The van der Waals surface area contributed by atoms with E-state index in [1.54, 1.807) is 6.20 Å². The number of nitrogens with zero attached hydrogens (tertiary/aromatic N) is 6. The maximum absolute atomic E-state index is 14.6. The molecule has 2 aliphatic heterocycles. The molecular weight excluding hydrogens is 626 g/mol. The Kier molecular flexibility index (Phi) is 6.41. The molecule has 4 aromatic rings. The van der Waals surface area contributed by atoms with E-state index in [1.165, 1.54) is 6.33 Å². The van der Waals surface area contributed by atoms with E-state index >= 15 is 0 Å². The van der Waals surface area contributed by atoms with Gasteiger partial charge in [0.15, 0.2) is 23.2 Å². The van der Waals surface area contributed by atoms with Crippen LogP contribution in [0.4, 0.5) is 11.6 Å². The molecule has 1 saturated carbocycles. The third kappa shape index (κ3) is 4.37. The Morgan fingerprint density at radius 2 is 1.46 bits per heavy atom. The number of pyridine rings is 1. The van der Waals surface area contributed by atoms with Gasteiger partial charge in [-0.1, -0.05) is 26.8 Å². The number of allylic oxidation sites excluding steroid dienone is 4. The zero-order chi connectivity index (χ0) is 34.8. The molecule has 11 heteroatoms. The molecule has 0 saturated heterocycles. The van der Waals surface area contributed by atoms with E-state index in [1.807, 2.05) is 31.6 Å². The molecule has 5 aliphatic rings. The quantitative estimate of drug-likeness (QED) is 0.220. The van der Waals surface area contributed by atoms with Gasteiger partial charge in [0.2, 0.25) is 0 Å². The molecule has 11 nitrogen and oxygen atoms in total. The summed E-state index contributed by atoms with van der Waals surface area (Å²) in [4.78, 5) is 42.0. The van der Waals surface area contributed by atoms with Gasteiger partial charge in [0.1, 0.15) is 6.33 Å². The minimum Gasteiger partial charge on any atom is -0.342 e. The maximum atomic E-state index is 14.6. The first-order valence-electron chi connectivity index (χ1n) is 17.7. The Morgan fingerprint density at radius 1 is 0.800 bits per heavy atom. The lowest BCUT2D eigenvalue weighted by Crippen LogP contribution is -2.44. The number of hydrogen-bond donors (Lipinski definition) is 3. The normalized spacial score (nSPS) is 28.4. The number of ketones is 2. The number of H-pyrrole nitrogens is 1. The average Bonchev–Trinajstić information content (AvgIpc) is 3.73. The van der Waals surface area contributed by atoms with Crippen molar-refractivity contribution in [3.8, 4) is 0 Å². The molecule has 3 aliphatic carbocycles. The van der Waals surface area contributed by atoms with Gasteiger partial charge in [0, 0.05) is 101 Å². The number of carbonyl (C=O) groups is 2. The van der Waals surface area contributed by atoms with Gasteiger partial charge in [-0.15, -0.1) is 0 Å². The fourth-order valence-corrected chi connectivity index (χ4v) is 9.80. The Morgan fingerprint density at radius 3 is 2.16 bits per heavy atom. The molecule has 50 heavy (non-hydrogen) atoms. The molecule has 0 spiro atoms. The molecule has 3 unspecified atom stereocenters. The van der Waals surface area contributed by atoms with E-state index < -0.39 is 16.2 Å². The molecule has 256 valence electrons. The molecule has 0 aromatic carbocycles. The maximum Gasteiger partial charge on any atom is 0.162 e. The largest absolute Gasteiger partial charge is 0.342 e. The third-order valence-electron chi connectivity index (χ3n) is 12.0. The number of aromatic amines is 1. The zero-order valence-electron chi connectivity index (χ0n) is 29.6. The van der Waals surface area contributed by atoms with Gasteiger partial charge in [-0.25, -0.2) is 9.97 Å². The first kappa shape index (κ1) is 31.1. The van der Waals surface area contributed by atoms with E-state index in [-0.39, 0.29) is 17.0 Å². The van der Waals surface area contributed by atoms with Crippen molar-refractivity contribution in [3.05, 3.63) is 99.4 Å². The van der Waals surface area contributed by atoms with Crippen LogP contribution < -0.4 is 10.6 Å². The molecule has 0 amide bonds. The van der Waals surface area contributed by atoms with Gasteiger partial charge in [-0.2, -0.15) is 10.2 Å². The van der Waals surface area contributed by atoms with E-state index in [9.17, 15) is 9.59 Å². The number of aryl methyl sites for hydroxylation is 1. The van der Waals surface area contributed by atoms with E-state index in [0.29, 0.717) is 31.7 Å². The second-order valence-corrected chi connectivity index (χ2v) is 16.7. The number of Topliss-reactive ketones (excluding diaryl/α,β-unsaturated/α-hetero) is 2. The van der Waals surface area contributed by atoms with Gasteiger partial charge < -0.3 is 10.6 Å². The highest BCUT2D eigenvalue weighted by molar-refractivity contribution is 6.04. The van der Waals surface area contributed by atoms with E-state index in [2.05, 4.69) is 81.1 Å². The highest BCUT2D eigenvalue weighted by Crippen LogP contribution is 2.58. The smallest absolute Gasteiger partial charge is 0.162 e. The van der Waals surface area contributed by atoms with Crippen LogP contribution in [0.2, 0.25) is 0 Å². The summed E-state index contributed by atoms with van der Waals surface area (Å²) in [6, 6.07) is 3.98. The van der Waals surface area contributed by atoms with Gasteiger partial charge in [0.25, 0.3) is 0 Å². The highest BCUT2D eigenvalue weighted by atomic mass is 16.1. The van der Waals surface area contributed by atoms with Crippen molar-refractivity contribution in [1.29, 1.82) is 0 Å². The lowest BCUT2D eigenvalue weighted by molar-refractivity contribution is -0.119. The molecule has 3 atom stereocenters. The molecule has 6 heterocycles. The van der Waals surface area contributed by atoms with E-state index in [4.69, 9.17) is 5.10 Å². The van der Waals surface area contributed by atoms with Crippen molar-refractivity contribution < 1.29 is 9.59 Å². The SMILES string of the molecule is Cc1[nH]nc2c1C(C)(c1cccnc1)C1=C(CC(C)(Cn3nc4c(c3C3CC3)C(C)(c3cncnc3)C3=C(CC(C)(C)CC3=O)N4)CC1=O)N2. The molecule has 1 fully saturated rings. The summed E-state index contributed by atoms with van der Waals surface area (Å²) in [5, 5.41) is 20.4. The van der Waals surface area contributed by atoms with Crippen LogP contribution >= 0.6 is 0 Å². The fraction of sp³-hybridized carbons (Fsp3) is 0.462. The van der Waals surface area contributed by atoms with Crippen molar-refractivity contribution in [3.63, 3.8) is 0 Å². The predicted octanol–water partition coefficient (Wildman–Crippen LogP) is 6.41. The Balaban J connectivity index is 1.16.